The van der Waals surface area contributed by atoms with E-state index in [-0.39, 0.29) is 5.41 Å². The zero-order valence-electron chi connectivity index (χ0n) is 13.1. The zero-order chi connectivity index (χ0) is 16.1. The molecule has 0 aromatic heterocycles. The highest BCUT2D eigenvalue weighted by Gasteiger charge is 2.35. The van der Waals surface area contributed by atoms with E-state index in [1.54, 1.807) is 7.11 Å². The van der Waals surface area contributed by atoms with E-state index >= 15 is 0 Å². The number of hydrogen-bond donors (Lipinski definition) is 0. The second kappa shape index (κ2) is 7.18. The molecule has 0 fully saturated rings. The van der Waals surface area contributed by atoms with E-state index in [0.717, 1.165) is 10.2 Å². The van der Waals surface area contributed by atoms with Gasteiger partial charge in [0, 0.05) is 4.43 Å². The Morgan fingerprint density at radius 3 is 1.52 bits per heavy atom. The summed E-state index contributed by atoms with van der Waals surface area (Å²) >= 11 is 2.50. The lowest BCUT2D eigenvalue weighted by atomic mass is 9.71. The molecule has 0 aliphatic rings. The van der Waals surface area contributed by atoms with Gasteiger partial charge in [0.05, 0.1) is 12.5 Å². The summed E-state index contributed by atoms with van der Waals surface area (Å²) in [6.07, 6.45) is 0. The first-order valence-electron chi connectivity index (χ1n) is 7.63. The van der Waals surface area contributed by atoms with E-state index in [4.69, 9.17) is 4.74 Å². The monoisotopic (exact) mass is 414 g/mol. The standard InChI is InChI=1S/C21H19IO/c1-23-20-14-12-19(13-15-20)21(16-22,17-8-4-2-5-9-17)18-10-6-3-7-11-18/h2-15H,16H2,1H3. The van der Waals surface area contributed by atoms with Crippen LogP contribution in [-0.4, -0.2) is 11.5 Å². The van der Waals surface area contributed by atoms with Gasteiger partial charge >= 0.3 is 0 Å². The SMILES string of the molecule is COc1ccc(C(CI)(c2ccccc2)c2ccccc2)cc1. The van der Waals surface area contributed by atoms with Crippen molar-refractivity contribution in [1.82, 2.24) is 0 Å². The van der Waals surface area contributed by atoms with Gasteiger partial charge < -0.3 is 4.74 Å². The molecule has 0 heterocycles. The number of hydrogen-bond acceptors (Lipinski definition) is 1. The van der Waals surface area contributed by atoms with Crippen LogP contribution in [-0.2, 0) is 5.41 Å². The van der Waals surface area contributed by atoms with Crippen molar-refractivity contribution in [2.45, 2.75) is 5.41 Å². The molecule has 0 amide bonds. The van der Waals surface area contributed by atoms with E-state index in [2.05, 4.69) is 95.4 Å². The molecular formula is C21H19IO. The minimum Gasteiger partial charge on any atom is -0.497 e. The Bertz CT molecular complexity index is 696. The van der Waals surface area contributed by atoms with Gasteiger partial charge in [-0.05, 0) is 28.8 Å². The van der Waals surface area contributed by atoms with Crippen molar-refractivity contribution >= 4 is 22.6 Å². The van der Waals surface area contributed by atoms with Gasteiger partial charge in [-0.15, -0.1) is 0 Å². The Kier molecular flexibility index (Phi) is 5.01. The van der Waals surface area contributed by atoms with Crippen LogP contribution in [0.4, 0.5) is 0 Å². The summed E-state index contributed by atoms with van der Waals surface area (Å²) in [5, 5.41) is 0. The highest BCUT2D eigenvalue weighted by Crippen LogP contribution is 2.41. The lowest BCUT2D eigenvalue weighted by molar-refractivity contribution is 0.414. The molecule has 3 aromatic carbocycles. The summed E-state index contributed by atoms with van der Waals surface area (Å²) in [6.45, 7) is 0. The number of alkyl halides is 1. The van der Waals surface area contributed by atoms with Gasteiger partial charge in [0.1, 0.15) is 5.75 Å². The fourth-order valence-electron chi connectivity index (χ4n) is 3.05. The molecule has 3 rings (SSSR count). The van der Waals surface area contributed by atoms with Crippen molar-refractivity contribution in [3.63, 3.8) is 0 Å². The largest absolute Gasteiger partial charge is 0.497 e. The molecule has 0 radical (unpaired) electrons. The van der Waals surface area contributed by atoms with E-state index in [1.807, 2.05) is 12.1 Å². The fraction of sp³-hybridized carbons (Fsp3) is 0.143. The molecule has 1 nitrogen and oxygen atoms in total. The Hall–Kier alpha value is -1.81. The van der Waals surface area contributed by atoms with Crippen LogP contribution in [0.25, 0.3) is 0 Å². The second-order valence-corrected chi connectivity index (χ2v) is 6.26. The maximum atomic E-state index is 5.33. The molecule has 23 heavy (non-hydrogen) atoms. The van der Waals surface area contributed by atoms with Crippen LogP contribution in [0.2, 0.25) is 0 Å². The zero-order valence-corrected chi connectivity index (χ0v) is 15.2. The fourth-order valence-corrected chi connectivity index (χ4v) is 4.37. The van der Waals surface area contributed by atoms with Gasteiger partial charge in [-0.1, -0.05) is 95.4 Å². The van der Waals surface area contributed by atoms with Crippen molar-refractivity contribution in [2.75, 3.05) is 11.5 Å². The molecule has 0 saturated carbocycles. The predicted molar refractivity (Wildman–Crippen MR) is 105 cm³/mol. The molecule has 0 atom stereocenters. The summed E-state index contributed by atoms with van der Waals surface area (Å²) in [6, 6.07) is 29.9. The smallest absolute Gasteiger partial charge is 0.118 e. The van der Waals surface area contributed by atoms with Crippen molar-refractivity contribution in [3.05, 3.63) is 102 Å². The number of benzene rings is 3. The minimum atomic E-state index is -0.157. The van der Waals surface area contributed by atoms with Gasteiger partial charge in [-0.3, -0.25) is 0 Å². The molecule has 116 valence electrons. The third kappa shape index (κ3) is 3.00. The van der Waals surface area contributed by atoms with E-state index in [1.165, 1.54) is 16.7 Å². The normalized spacial score (nSPS) is 11.2. The first kappa shape index (κ1) is 16.1. The lowest BCUT2D eigenvalue weighted by Crippen LogP contribution is -2.31. The molecule has 2 heteroatoms. The summed E-state index contributed by atoms with van der Waals surface area (Å²) in [5.41, 5.74) is 3.75. The average Bonchev–Trinajstić information content (AvgIpc) is 2.65. The number of ether oxygens (including phenoxy) is 1. The molecule has 0 aliphatic carbocycles. The Morgan fingerprint density at radius 2 is 1.13 bits per heavy atom. The van der Waals surface area contributed by atoms with Crippen LogP contribution in [0.1, 0.15) is 16.7 Å². The van der Waals surface area contributed by atoms with E-state index in [0.29, 0.717) is 0 Å². The molecule has 3 aromatic rings. The van der Waals surface area contributed by atoms with Crippen LogP contribution < -0.4 is 4.74 Å². The Morgan fingerprint density at radius 1 is 0.696 bits per heavy atom. The molecule has 0 bridgehead atoms. The lowest BCUT2D eigenvalue weighted by Gasteiger charge is -2.34. The predicted octanol–water partition coefficient (Wildman–Crippen LogP) is 5.46. The molecule has 0 spiro atoms. The number of methoxy groups -OCH3 is 1. The Labute approximate surface area is 151 Å². The van der Waals surface area contributed by atoms with Crippen molar-refractivity contribution in [1.29, 1.82) is 0 Å². The summed E-state index contributed by atoms with van der Waals surface area (Å²) in [4.78, 5) is 0. The summed E-state index contributed by atoms with van der Waals surface area (Å²) < 4.78 is 6.29. The van der Waals surface area contributed by atoms with Gasteiger partial charge in [0.25, 0.3) is 0 Å². The topological polar surface area (TPSA) is 9.23 Å². The average molecular weight is 414 g/mol. The first-order chi connectivity index (χ1) is 11.3. The molecule has 0 aliphatic heterocycles. The summed E-state index contributed by atoms with van der Waals surface area (Å²) in [7, 11) is 1.70. The third-order valence-electron chi connectivity index (χ3n) is 4.32. The maximum Gasteiger partial charge on any atom is 0.118 e. The maximum absolute atomic E-state index is 5.33. The van der Waals surface area contributed by atoms with Gasteiger partial charge in [0.15, 0.2) is 0 Å². The third-order valence-corrected chi connectivity index (χ3v) is 5.46. The van der Waals surface area contributed by atoms with Crippen molar-refractivity contribution < 1.29 is 4.74 Å². The molecule has 0 N–H and O–H groups in total. The second-order valence-electron chi connectivity index (χ2n) is 5.50. The highest BCUT2D eigenvalue weighted by atomic mass is 127. The van der Waals surface area contributed by atoms with Crippen LogP contribution in [0.15, 0.2) is 84.9 Å². The molecule has 0 saturated heterocycles. The van der Waals surface area contributed by atoms with E-state index in [9.17, 15) is 0 Å². The number of halogens is 1. The van der Waals surface area contributed by atoms with Gasteiger partial charge in [0.2, 0.25) is 0 Å². The Balaban J connectivity index is 2.24. The molecule has 0 unspecified atom stereocenters. The number of rotatable bonds is 5. The van der Waals surface area contributed by atoms with Crippen LogP contribution >= 0.6 is 22.6 Å². The summed E-state index contributed by atoms with van der Waals surface area (Å²) in [5.74, 6) is 0.886. The van der Waals surface area contributed by atoms with Gasteiger partial charge in [-0.25, -0.2) is 0 Å². The van der Waals surface area contributed by atoms with Crippen LogP contribution in [0.5, 0.6) is 5.75 Å². The van der Waals surface area contributed by atoms with Gasteiger partial charge in [-0.2, -0.15) is 0 Å². The van der Waals surface area contributed by atoms with Crippen molar-refractivity contribution in [2.24, 2.45) is 0 Å². The minimum absolute atomic E-state index is 0.157. The molecular weight excluding hydrogens is 395 g/mol. The van der Waals surface area contributed by atoms with E-state index < -0.39 is 0 Å². The van der Waals surface area contributed by atoms with Crippen LogP contribution in [0.3, 0.4) is 0 Å². The van der Waals surface area contributed by atoms with Crippen LogP contribution in [0, 0.1) is 0 Å². The quantitative estimate of drug-likeness (QED) is 0.306. The first-order valence-corrected chi connectivity index (χ1v) is 9.15. The van der Waals surface area contributed by atoms with Crippen molar-refractivity contribution in [3.8, 4) is 5.75 Å². The highest BCUT2D eigenvalue weighted by molar-refractivity contribution is 14.1.